The summed E-state index contributed by atoms with van der Waals surface area (Å²) in [7, 11) is 0. The van der Waals surface area contributed by atoms with Crippen molar-refractivity contribution in [2.75, 3.05) is 0 Å². The highest BCUT2D eigenvalue weighted by Gasteiger charge is 2.14. The third-order valence-corrected chi connectivity index (χ3v) is 2.50. The summed E-state index contributed by atoms with van der Waals surface area (Å²) in [4.78, 5) is 11.1. The van der Waals surface area contributed by atoms with Crippen LogP contribution in [0.5, 0.6) is 11.6 Å². The Labute approximate surface area is 108 Å². The smallest absolute Gasteiger partial charge is 0.339 e. The number of benzene rings is 1. The summed E-state index contributed by atoms with van der Waals surface area (Å²) in [5, 5.41) is 16.9. The van der Waals surface area contributed by atoms with Gasteiger partial charge in [0.15, 0.2) is 0 Å². The molecule has 0 amide bonds. The largest absolute Gasteiger partial charge is 0.478 e. The van der Waals surface area contributed by atoms with Gasteiger partial charge in [0.05, 0.1) is 0 Å². The Hall–Kier alpha value is -2.08. The Morgan fingerprint density at radius 1 is 1.56 bits per heavy atom. The van der Waals surface area contributed by atoms with Crippen LogP contribution in [0.1, 0.15) is 17.3 Å². The quantitative estimate of drug-likeness (QED) is 0.921. The van der Waals surface area contributed by atoms with Crippen molar-refractivity contribution in [1.29, 1.82) is 0 Å². The van der Waals surface area contributed by atoms with Crippen molar-refractivity contribution in [3.8, 4) is 11.6 Å². The summed E-state index contributed by atoms with van der Waals surface area (Å²) in [5.41, 5.74) is -0.00801. The Balaban J connectivity index is 2.37. The van der Waals surface area contributed by atoms with Crippen molar-refractivity contribution in [1.82, 2.24) is 15.0 Å². The normalized spacial score (nSPS) is 10.3. The summed E-state index contributed by atoms with van der Waals surface area (Å²) in [6.45, 7) is 2.45. The SMILES string of the molecule is CCn1nncc1Oc1ccc(Cl)cc1C(=O)O. The predicted octanol–water partition coefficient (Wildman–Crippen LogP) is 2.44. The number of aromatic nitrogens is 3. The van der Waals surface area contributed by atoms with E-state index in [4.69, 9.17) is 21.4 Å². The lowest BCUT2D eigenvalue weighted by Crippen LogP contribution is -2.03. The number of ether oxygens (including phenoxy) is 1. The van der Waals surface area contributed by atoms with Crippen LogP contribution in [-0.4, -0.2) is 26.1 Å². The van der Waals surface area contributed by atoms with Crippen molar-refractivity contribution in [2.45, 2.75) is 13.5 Å². The van der Waals surface area contributed by atoms with E-state index in [9.17, 15) is 4.79 Å². The van der Waals surface area contributed by atoms with Crippen molar-refractivity contribution < 1.29 is 14.6 Å². The molecule has 0 unspecified atom stereocenters. The van der Waals surface area contributed by atoms with Crippen LogP contribution in [0.3, 0.4) is 0 Å². The van der Waals surface area contributed by atoms with Gasteiger partial charge >= 0.3 is 5.97 Å². The minimum Gasteiger partial charge on any atom is -0.478 e. The first-order chi connectivity index (χ1) is 8.61. The number of carboxylic acids is 1. The van der Waals surface area contributed by atoms with Gasteiger partial charge in [-0.2, -0.15) is 0 Å². The molecule has 2 rings (SSSR count). The van der Waals surface area contributed by atoms with Crippen LogP contribution < -0.4 is 4.74 Å². The number of halogens is 1. The van der Waals surface area contributed by atoms with Gasteiger partial charge in [-0.1, -0.05) is 16.8 Å². The first kappa shape index (κ1) is 12.4. The van der Waals surface area contributed by atoms with Crippen LogP contribution in [0.25, 0.3) is 0 Å². The minimum absolute atomic E-state index is 0.00801. The van der Waals surface area contributed by atoms with Crippen molar-refractivity contribution in [3.05, 3.63) is 35.0 Å². The Morgan fingerprint density at radius 3 is 3.00 bits per heavy atom. The van der Waals surface area contributed by atoms with Crippen molar-refractivity contribution in [2.24, 2.45) is 0 Å². The molecule has 0 saturated carbocycles. The molecular formula is C11H10ClN3O3. The van der Waals surface area contributed by atoms with E-state index < -0.39 is 5.97 Å². The molecule has 94 valence electrons. The zero-order valence-corrected chi connectivity index (χ0v) is 10.3. The number of aromatic carboxylic acids is 1. The molecule has 0 fully saturated rings. The topological polar surface area (TPSA) is 77.2 Å². The van der Waals surface area contributed by atoms with Crippen LogP contribution in [0.2, 0.25) is 5.02 Å². The highest BCUT2D eigenvalue weighted by atomic mass is 35.5. The number of carboxylic acid groups (broad SMARTS) is 1. The van der Waals surface area contributed by atoms with Crippen LogP contribution in [0.15, 0.2) is 24.4 Å². The van der Waals surface area contributed by atoms with E-state index in [0.717, 1.165) is 0 Å². The van der Waals surface area contributed by atoms with E-state index >= 15 is 0 Å². The van der Waals surface area contributed by atoms with Crippen LogP contribution >= 0.6 is 11.6 Å². The highest BCUT2D eigenvalue weighted by molar-refractivity contribution is 6.31. The number of aryl methyl sites for hydroxylation is 1. The maximum atomic E-state index is 11.1. The summed E-state index contributed by atoms with van der Waals surface area (Å²) in [6.07, 6.45) is 1.42. The number of hydrogen-bond acceptors (Lipinski definition) is 4. The molecule has 1 N–H and O–H groups in total. The van der Waals surface area contributed by atoms with Gasteiger partial charge < -0.3 is 9.84 Å². The average Bonchev–Trinajstić information content (AvgIpc) is 2.78. The lowest BCUT2D eigenvalue weighted by Gasteiger charge is -2.08. The molecule has 2 aromatic rings. The van der Waals surface area contributed by atoms with E-state index in [-0.39, 0.29) is 11.3 Å². The average molecular weight is 268 g/mol. The summed E-state index contributed by atoms with van der Waals surface area (Å²) in [5.74, 6) is -0.533. The lowest BCUT2D eigenvalue weighted by molar-refractivity contribution is 0.0694. The van der Waals surface area contributed by atoms with E-state index in [2.05, 4.69) is 10.3 Å². The lowest BCUT2D eigenvalue weighted by atomic mass is 10.2. The van der Waals surface area contributed by atoms with Gasteiger partial charge in [-0.3, -0.25) is 0 Å². The van der Waals surface area contributed by atoms with Gasteiger partial charge in [0.25, 0.3) is 0 Å². The third-order valence-electron chi connectivity index (χ3n) is 2.27. The molecule has 0 aliphatic heterocycles. The third kappa shape index (κ3) is 2.43. The molecular weight excluding hydrogens is 258 g/mol. The number of carbonyl (C=O) groups is 1. The predicted molar refractivity (Wildman–Crippen MR) is 64.2 cm³/mol. The fourth-order valence-electron chi connectivity index (χ4n) is 1.42. The maximum absolute atomic E-state index is 11.1. The summed E-state index contributed by atoms with van der Waals surface area (Å²) >= 11 is 5.75. The Morgan fingerprint density at radius 2 is 2.33 bits per heavy atom. The summed E-state index contributed by atoms with van der Waals surface area (Å²) in [6, 6.07) is 4.39. The van der Waals surface area contributed by atoms with Gasteiger partial charge in [-0.25, -0.2) is 9.48 Å². The van der Waals surface area contributed by atoms with E-state index in [0.29, 0.717) is 17.4 Å². The Bertz CT molecular complexity index is 583. The molecule has 7 heteroatoms. The molecule has 0 spiro atoms. The Kier molecular flexibility index (Phi) is 3.47. The first-order valence-electron chi connectivity index (χ1n) is 5.21. The van der Waals surface area contributed by atoms with E-state index in [1.165, 1.54) is 23.0 Å². The molecule has 0 radical (unpaired) electrons. The van der Waals surface area contributed by atoms with Gasteiger partial charge in [0.1, 0.15) is 17.5 Å². The molecule has 1 aromatic carbocycles. The van der Waals surface area contributed by atoms with Crippen molar-refractivity contribution >= 4 is 17.6 Å². The molecule has 1 heterocycles. The van der Waals surface area contributed by atoms with Gasteiger partial charge in [0, 0.05) is 11.6 Å². The van der Waals surface area contributed by atoms with Crippen LogP contribution in [0, 0.1) is 0 Å². The molecule has 0 aliphatic rings. The number of nitrogens with zero attached hydrogens (tertiary/aromatic N) is 3. The molecule has 18 heavy (non-hydrogen) atoms. The van der Waals surface area contributed by atoms with Crippen molar-refractivity contribution in [3.63, 3.8) is 0 Å². The highest BCUT2D eigenvalue weighted by Crippen LogP contribution is 2.27. The fourth-order valence-corrected chi connectivity index (χ4v) is 1.59. The fraction of sp³-hybridized carbons (Fsp3) is 0.182. The number of rotatable bonds is 4. The molecule has 0 bridgehead atoms. The molecule has 0 aliphatic carbocycles. The summed E-state index contributed by atoms with van der Waals surface area (Å²) < 4.78 is 7.00. The maximum Gasteiger partial charge on any atom is 0.339 e. The van der Waals surface area contributed by atoms with E-state index in [1.54, 1.807) is 6.07 Å². The zero-order chi connectivity index (χ0) is 13.1. The monoisotopic (exact) mass is 267 g/mol. The zero-order valence-electron chi connectivity index (χ0n) is 9.50. The first-order valence-corrected chi connectivity index (χ1v) is 5.58. The molecule has 0 atom stereocenters. The second kappa shape index (κ2) is 5.05. The second-order valence-electron chi connectivity index (χ2n) is 3.44. The van der Waals surface area contributed by atoms with Gasteiger partial charge in [0.2, 0.25) is 5.88 Å². The van der Waals surface area contributed by atoms with Gasteiger partial charge in [-0.05, 0) is 25.1 Å². The molecule has 1 aromatic heterocycles. The molecule has 0 saturated heterocycles. The van der Waals surface area contributed by atoms with Crippen LogP contribution in [0.4, 0.5) is 0 Å². The van der Waals surface area contributed by atoms with Gasteiger partial charge in [-0.15, -0.1) is 5.10 Å². The molecule has 6 nitrogen and oxygen atoms in total. The standard InChI is InChI=1S/C11H10ClN3O3/c1-2-15-10(6-13-14-15)18-9-4-3-7(12)5-8(9)11(16)17/h3-6H,2H2,1H3,(H,16,17). The van der Waals surface area contributed by atoms with Crippen LogP contribution in [-0.2, 0) is 6.54 Å². The minimum atomic E-state index is -1.11. The second-order valence-corrected chi connectivity index (χ2v) is 3.87. The van der Waals surface area contributed by atoms with E-state index in [1.807, 2.05) is 6.92 Å². The number of hydrogen-bond donors (Lipinski definition) is 1.